The molecular formula is C10H21NO2. The van der Waals surface area contributed by atoms with Crippen LogP contribution < -0.4 is 0 Å². The molecule has 0 saturated carbocycles. The predicted molar refractivity (Wildman–Crippen MR) is 53.8 cm³/mol. The van der Waals surface area contributed by atoms with Crippen molar-refractivity contribution in [2.45, 2.75) is 46.7 Å². The van der Waals surface area contributed by atoms with Crippen molar-refractivity contribution >= 4 is 5.97 Å². The molecule has 0 aromatic rings. The van der Waals surface area contributed by atoms with Crippen LogP contribution in [0.3, 0.4) is 0 Å². The molecule has 1 atom stereocenters. The van der Waals surface area contributed by atoms with Gasteiger partial charge in [0.15, 0.2) is 0 Å². The molecule has 1 unspecified atom stereocenters. The summed E-state index contributed by atoms with van der Waals surface area (Å²) in [4.78, 5) is 12.8. The predicted octanol–water partition coefficient (Wildman–Crippen LogP) is 1.83. The van der Waals surface area contributed by atoms with Gasteiger partial charge in [0.05, 0.1) is 5.92 Å². The fourth-order valence-electron chi connectivity index (χ4n) is 1.41. The highest BCUT2D eigenvalue weighted by molar-refractivity contribution is 5.69. The van der Waals surface area contributed by atoms with E-state index in [1.165, 1.54) is 0 Å². The Morgan fingerprint density at radius 1 is 1.15 bits per heavy atom. The van der Waals surface area contributed by atoms with E-state index in [1.54, 1.807) is 6.92 Å². The highest BCUT2D eigenvalue weighted by atomic mass is 16.4. The molecule has 0 heterocycles. The molecular weight excluding hydrogens is 166 g/mol. The van der Waals surface area contributed by atoms with E-state index >= 15 is 0 Å². The summed E-state index contributed by atoms with van der Waals surface area (Å²) < 4.78 is 0. The summed E-state index contributed by atoms with van der Waals surface area (Å²) in [5.41, 5.74) is 0. The van der Waals surface area contributed by atoms with E-state index < -0.39 is 5.97 Å². The number of carbonyl (C=O) groups is 1. The van der Waals surface area contributed by atoms with Crippen LogP contribution >= 0.6 is 0 Å². The molecule has 0 rings (SSSR count). The summed E-state index contributed by atoms with van der Waals surface area (Å²) in [6.45, 7) is 10.7. The van der Waals surface area contributed by atoms with Gasteiger partial charge in [0.25, 0.3) is 0 Å². The van der Waals surface area contributed by atoms with E-state index in [-0.39, 0.29) is 5.92 Å². The molecule has 0 radical (unpaired) electrons. The van der Waals surface area contributed by atoms with Crippen LogP contribution in [-0.2, 0) is 4.79 Å². The molecule has 0 aliphatic carbocycles. The molecule has 0 amide bonds. The Balaban J connectivity index is 4.18. The smallest absolute Gasteiger partial charge is 0.307 e. The van der Waals surface area contributed by atoms with Crippen molar-refractivity contribution < 1.29 is 9.90 Å². The molecule has 0 fully saturated rings. The molecule has 0 aromatic carbocycles. The Morgan fingerprint density at radius 3 is 1.77 bits per heavy atom. The summed E-state index contributed by atoms with van der Waals surface area (Å²) >= 11 is 0. The number of hydrogen-bond donors (Lipinski definition) is 1. The zero-order valence-corrected chi connectivity index (χ0v) is 9.24. The summed E-state index contributed by atoms with van der Waals surface area (Å²) in [5.74, 6) is -1.00. The quantitative estimate of drug-likeness (QED) is 0.713. The van der Waals surface area contributed by atoms with Crippen LogP contribution in [0, 0.1) is 5.92 Å². The summed E-state index contributed by atoms with van der Waals surface area (Å²) in [6.07, 6.45) is 0. The Bertz CT molecular complexity index is 158. The van der Waals surface area contributed by atoms with Crippen molar-refractivity contribution in [3.05, 3.63) is 0 Å². The van der Waals surface area contributed by atoms with Crippen molar-refractivity contribution in [1.29, 1.82) is 0 Å². The average Bonchev–Trinajstić information content (AvgIpc) is 1.97. The second kappa shape index (κ2) is 5.22. The second-order valence-electron chi connectivity index (χ2n) is 4.12. The van der Waals surface area contributed by atoms with Gasteiger partial charge in [-0.1, -0.05) is 6.92 Å². The lowest BCUT2D eigenvalue weighted by Gasteiger charge is -2.31. The van der Waals surface area contributed by atoms with Gasteiger partial charge in [0, 0.05) is 18.6 Å². The van der Waals surface area contributed by atoms with Gasteiger partial charge < -0.3 is 5.11 Å². The minimum absolute atomic E-state index is 0.287. The Labute approximate surface area is 80.7 Å². The fraction of sp³-hybridized carbons (Fsp3) is 0.900. The molecule has 3 heteroatoms. The maximum absolute atomic E-state index is 10.7. The SMILES string of the molecule is CC(CN(C(C)C)C(C)C)C(=O)O. The lowest BCUT2D eigenvalue weighted by atomic mass is 10.1. The first-order chi connectivity index (χ1) is 5.86. The van der Waals surface area contributed by atoms with Crippen molar-refractivity contribution in [3.8, 4) is 0 Å². The van der Waals surface area contributed by atoms with E-state index in [1.807, 2.05) is 0 Å². The molecule has 0 aliphatic rings. The van der Waals surface area contributed by atoms with Crippen LogP contribution in [0.4, 0.5) is 0 Å². The third kappa shape index (κ3) is 4.27. The maximum Gasteiger partial charge on any atom is 0.307 e. The topological polar surface area (TPSA) is 40.5 Å². The zero-order chi connectivity index (χ0) is 10.6. The largest absolute Gasteiger partial charge is 0.481 e. The molecule has 0 bridgehead atoms. The first-order valence-corrected chi connectivity index (χ1v) is 4.84. The molecule has 0 aliphatic heterocycles. The Morgan fingerprint density at radius 2 is 1.54 bits per heavy atom. The van der Waals surface area contributed by atoms with E-state index in [0.29, 0.717) is 18.6 Å². The maximum atomic E-state index is 10.7. The normalized spacial score (nSPS) is 14.2. The number of carboxylic acids is 1. The summed E-state index contributed by atoms with van der Waals surface area (Å²) in [7, 11) is 0. The monoisotopic (exact) mass is 187 g/mol. The molecule has 3 nitrogen and oxygen atoms in total. The third-order valence-electron chi connectivity index (χ3n) is 2.23. The van der Waals surface area contributed by atoms with Gasteiger partial charge in [-0.2, -0.15) is 0 Å². The van der Waals surface area contributed by atoms with E-state index in [0.717, 1.165) is 0 Å². The summed E-state index contributed by atoms with van der Waals surface area (Å²) in [6, 6.07) is 0.809. The molecule has 0 saturated heterocycles. The van der Waals surface area contributed by atoms with Crippen LogP contribution in [-0.4, -0.2) is 34.6 Å². The highest BCUT2D eigenvalue weighted by Gasteiger charge is 2.19. The number of aliphatic carboxylic acids is 1. The Kier molecular flexibility index (Phi) is 4.99. The molecule has 1 N–H and O–H groups in total. The van der Waals surface area contributed by atoms with Crippen LogP contribution in [0.25, 0.3) is 0 Å². The average molecular weight is 187 g/mol. The van der Waals surface area contributed by atoms with Crippen molar-refractivity contribution in [3.63, 3.8) is 0 Å². The van der Waals surface area contributed by atoms with Crippen LogP contribution in [0.5, 0.6) is 0 Å². The fourth-order valence-corrected chi connectivity index (χ4v) is 1.41. The lowest BCUT2D eigenvalue weighted by molar-refractivity contribution is -0.142. The van der Waals surface area contributed by atoms with Crippen molar-refractivity contribution in [2.75, 3.05) is 6.54 Å². The van der Waals surface area contributed by atoms with Crippen molar-refractivity contribution in [2.24, 2.45) is 5.92 Å². The molecule has 78 valence electrons. The van der Waals surface area contributed by atoms with E-state index in [9.17, 15) is 4.79 Å². The second-order valence-corrected chi connectivity index (χ2v) is 4.12. The van der Waals surface area contributed by atoms with Crippen molar-refractivity contribution in [1.82, 2.24) is 4.90 Å². The zero-order valence-electron chi connectivity index (χ0n) is 9.24. The lowest BCUT2D eigenvalue weighted by Crippen LogP contribution is -2.41. The number of carboxylic acid groups (broad SMARTS) is 1. The molecule has 0 spiro atoms. The number of nitrogens with zero attached hydrogens (tertiary/aromatic N) is 1. The third-order valence-corrected chi connectivity index (χ3v) is 2.23. The van der Waals surface area contributed by atoms with Gasteiger partial charge in [-0.25, -0.2) is 0 Å². The van der Waals surface area contributed by atoms with Crippen LogP contribution in [0.2, 0.25) is 0 Å². The van der Waals surface area contributed by atoms with Gasteiger partial charge in [-0.15, -0.1) is 0 Å². The number of hydrogen-bond acceptors (Lipinski definition) is 2. The molecule has 0 aromatic heterocycles. The highest BCUT2D eigenvalue weighted by Crippen LogP contribution is 2.09. The van der Waals surface area contributed by atoms with Gasteiger partial charge in [0.1, 0.15) is 0 Å². The van der Waals surface area contributed by atoms with Gasteiger partial charge in [-0.3, -0.25) is 9.69 Å². The van der Waals surface area contributed by atoms with Gasteiger partial charge in [0.2, 0.25) is 0 Å². The minimum atomic E-state index is -0.716. The van der Waals surface area contributed by atoms with Crippen LogP contribution in [0.15, 0.2) is 0 Å². The first kappa shape index (κ1) is 12.4. The standard InChI is InChI=1S/C10H21NO2/c1-7(2)11(8(3)4)6-9(5)10(12)13/h7-9H,6H2,1-5H3,(H,12,13). The van der Waals surface area contributed by atoms with Gasteiger partial charge >= 0.3 is 5.97 Å². The summed E-state index contributed by atoms with van der Waals surface area (Å²) in [5, 5.41) is 8.77. The first-order valence-electron chi connectivity index (χ1n) is 4.84. The van der Waals surface area contributed by atoms with E-state index in [4.69, 9.17) is 5.11 Å². The van der Waals surface area contributed by atoms with E-state index in [2.05, 4.69) is 32.6 Å². The Hall–Kier alpha value is -0.570. The van der Waals surface area contributed by atoms with Crippen LogP contribution in [0.1, 0.15) is 34.6 Å². The van der Waals surface area contributed by atoms with Gasteiger partial charge in [-0.05, 0) is 27.7 Å². The molecule has 13 heavy (non-hydrogen) atoms. The number of rotatable bonds is 5. The minimum Gasteiger partial charge on any atom is -0.481 e.